The van der Waals surface area contributed by atoms with Gasteiger partial charge in [-0.2, -0.15) is 0 Å². The smallest absolute Gasteiger partial charge is 0.242 e. The van der Waals surface area contributed by atoms with Gasteiger partial charge in [-0.05, 0) is 48.4 Å². The van der Waals surface area contributed by atoms with E-state index in [-0.39, 0.29) is 16.8 Å². The van der Waals surface area contributed by atoms with E-state index in [2.05, 4.69) is 10.3 Å². The van der Waals surface area contributed by atoms with Crippen molar-refractivity contribution in [3.63, 3.8) is 0 Å². The van der Waals surface area contributed by atoms with Crippen molar-refractivity contribution in [2.45, 2.75) is 35.1 Å². The average molecular weight is 493 g/mol. The predicted octanol–water partition coefficient (Wildman–Crippen LogP) is 3.76. The fraction of sp³-hybridized carbons (Fsp3) is 0.364. The first-order valence-electron chi connectivity index (χ1n) is 10.3. The Balaban J connectivity index is 1.47. The highest BCUT2D eigenvalue weighted by molar-refractivity contribution is 7.99. The van der Waals surface area contributed by atoms with E-state index in [1.54, 1.807) is 30.0 Å². The van der Waals surface area contributed by atoms with Gasteiger partial charge < -0.3 is 9.88 Å². The summed E-state index contributed by atoms with van der Waals surface area (Å²) >= 11 is 7.94. The molecule has 1 amide bonds. The van der Waals surface area contributed by atoms with Crippen LogP contribution >= 0.6 is 23.4 Å². The summed E-state index contributed by atoms with van der Waals surface area (Å²) in [7, 11) is 1.34. The molecule has 1 N–H and O–H groups in total. The van der Waals surface area contributed by atoms with Crippen LogP contribution in [0.4, 0.5) is 0 Å². The molecule has 0 aliphatic carbocycles. The zero-order valence-electron chi connectivity index (χ0n) is 18.1. The van der Waals surface area contributed by atoms with Crippen LogP contribution in [-0.4, -0.2) is 48.0 Å². The summed E-state index contributed by atoms with van der Waals surface area (Å²) in [6.07, 6.45) is 1.61. The van der Waals surface area contributed by atoms with Gasteiger partial charge in [0.2, 0.25) is 15.9 Å². The van der Waals surface area contributed by atoms with Crippen LogP contribution in [0.25, 0.3) is 11.0 Å². The highest BCUT2D eigenvalue weighted by Crippen LogP contribution is 2.37. The molecule has 170 valence electrons. The third-order valence-corrected chi connectivity index (χ3v) is 8.81. The second-order valence-corrected chi connectivity index (χ2v) is 11.7. The zero-order valence-corrected chi connectivity index (χ0v) is 20.5. The topological polar surface area (TPSA) is 84.3 Å². The molecule has 0 saturated heterocycles. The largest absolute Gasteiger partial charge is 0.349 e. The fourth-order valence-corrected chi connectivity index (χ4v) is 6.04. The van der Waals surface area contributed by atoms with Crippen LogP contribution in [-0.2, 0) is 28.3 Å². The fourth-order valence-electron chi connectivity index (χ4n) is 3.83. The number of nitrogens with one attached hydrogen (secondary N) is 1. The van der Waals surface area contributed by atoms with E-state index >= 15 is 0 Å². The van der Waals surface area contributed by atoms with Gasteiger partial charge in [0.05, 0.1) is 22.0 Å². The quantitative estimate of drug-likeness (QED) is 0.566. The van der Waals surface area contributed by atoms with Crippen molar-refractivity contribution >= 4 is 50.3 Å². The van der Waals surface area contributed by atoms with E-state index in [4.69, 9.17) is 11.6 Å². The molecule has 4 rings (SSSR count). The minimum atomic E-state index is -3.53. The number of carbonyl (C=O) groups excluding carboxylic acids is 1. The molecule has 32 heavy (non-hydrogen) atoms. The van der Waals surface area contributed by atoms with Gasteiger partial charge >= 0.3 is 0 Å². The predicted molar refractivity (Wildman–Crippen MR) is 128 cm³/mol. The van der Waals surface area contributed by atoms with Gasteiger partial charge in [0.1, 0.15) is 5.82 Å². The first-order valence-corrected chi connectivity index (χ1v) is 13.1. The number of carbonyl (C=O) groups is 1. The zero-order chi connectivity index (χ0) is 23.0. The Morgan fingerprint density at radius 1 is 1.28 bits per heavy atom. The van der Waals surface area contributed by atoms with Crippen molar-refractivity contribution in [2.75, 3.05) is 19.8 Å². The number of hydrogen-bond donors (Lipinski definition) is 1. The van der Waals surface area contributed by atoms with Gasteiger partial charge in [0, 0.05) is 49.7 Å². The summed E-state index contributed by atoms with van der Waals surface area (Å²) in [6, 6.07) is 10.7. The molecule has 2 aromatic carbocycles. The maximum absolute atomic E-state index is 12.7. The monoisotopic (exact) mass is 492 g/mol. The summed E-state index contributed by atoms with van der Waals surface area (Å²) < 4.78 is 27.9. The molecule has 1 atom stereocenters. The highest BCUT2D eigenvalue weighted by Gasteiger charge is 2.23. The van der Waals surface area contributed by atoms with Gasteiger partial charge in [-0.25, -0.2) is 17.7 Å². The number of hydrogen-bond acceptors (Lipinski definition) is 5. The van der Waals surface area contributed by atoms with E-state index in [1.807, 2.05) is 29.8 Å². The maximum Gasteiger partial charge on any atom is 0.242 e. The molecule has 0 fully saturated rings. The van der Waals surface area contributed by atoms with Crippen LogP contribution < -0.4 is 5.32 Å². The summed E-state index contributed by atoms with van der Waals surface area (Å²) in [6.45, 7) is 0. The van der Waals surface area contributed by atoms with Crippen LogP contribution in [0.2, 0.25) is 5.02 Å². The van der Waals surface area contributed by atoms with Gasteiger partial charge in [0.15, 0.2) is 0 Å². The summed E-state index contributed by atoms with van der Waals surface area (Å²) in [4.78, 5) is 18.6. The number of aromatic nitrogens is 2. The van der Waals surface area contributed by atoms with E-state index in [0.29, 0.717) is 23.4 Å². The number of imidazole rings is 1. The molecule has 2 heterocycles. The molecular weight excluding hydrogens is 468 g/mol. The third-order valence-electron chi connectivity index (χ3n) is 5.65. The number of fused-ring (bicyclic) bond motifs is 2. The molecule has 0 unspecified atom stereocenters. The van der Waals surface area contributed by atoms with Crippen LogP contribution in [0.15, 0.2) is 46.2 Å². The van der Waals surface area contributed by atoms with Crippen LogP contribution in [0.5, 0.6) is 0 Å². The van der Waals surface area contributed by atoms with Crippen molar-refractivity contribution in [2.24, 2.45) is 7.05 Å². The first-order chi connectivity index (χ1) is 15.2. The molecule has 0 saturated carbocycles. The Bertz CT molecular complexity index is 1290. The lowest BCUT2D eigenvalue weighted by Crippen LogP contribution is -2.31. The second kappa shape index (κ2) is 9.05. The number of sulfonamides is 1. The van der Waals surface area contributed by atoms with Crippen molar-refractivity contribution in [3.8, 4) is 0 Å². The van der Waals surface area contributed by atoms with Gasteiger partial charge in [-0.1, -0.05) is 11.6 Å². The summed E-state index contributed by atoms with van der Waals surface area (Å²) in [5.74, 6) is 1.63. The Hall–Kier alpha value is -2.07. The molecule has 0 radical (unpaired) electrons. The number of nitrogens with zero attached hydrogens (tertiary/aromatic N) is 3. The number of thioether (sulfide) groups is 1. The minimum absolute atomic E-state index is 0.0447. The number of aryl methyl sites for hydroxylation is 2. The molecule has 0 spiro atoms. The third kappa shape index (κ3) is 4.52. The number of rotatable bonds is 6. The van der Waals surface area contributed by atoms with Crippen LogP contribution in [0.1, 0.15) is 30.3 Å². The van der Waals surface area contributed by atoms with Crippen molar-refractivity contribution in [1.29, 1.82) is 0 Å². The van der Waals surface area contributed by atoms with Gasteiger partial charge in [0.25, 0.3) is 0 Å². The summed E-state index contributed by atoms with van der Waals surface area (Å²) in [5.41, 5.74) is 2.49. The van der Waals surface area contributed by atoms with E-state index in [0.717, 1.165) is 34.0 Å². The molecule has 0 bridgehead atoms. The van der Waals surface area contributed by atoms with E-state index < -0.39 is 10.0 Å². The molecule has 1 aliphatic rings. The standard InChI is InChI=1S/C22H25ClN4O3S2/c1-26(2)32(29,30)15-5-6-19-18(13-15)24-21(27(19)3)8-9-22(28)25-17-10-11-31-20-7-4-14(23)12-16(17)20/h4-7,12-13,17H,8-11H2,1-3H3,(H,25,28)/t17-/m1/s1. The van der Waals surface area contributed by atoms with Crippen LogP contribution in [0.3, 0.4) is 0 Å². The lowest BCUT2D eigenvalue weighted by Gasteiger charge is -2.26. The minimum Gasteiger partial charge on any atom is -0.349 e. The van der Waals surface area contributed by atoms with Crippen molar-refractivity contribution in [1.82, 2.24) is 19.2 Å². The lowest BCUT2D eigenvalue weighted by atomic mass is 10.0. The lowest BCUT2D eigenvalue weighted by molar-refractivity contribution is -0.121. The Morgan fingerprint density at radius 3 is 2.81 bits per heavy atom. The highest BCUT2D eigenvalue weighted by atomic mass is 35.5. The maximum atomic E-state index is 12.7. The van der Waals surface area contributed by atoms with Crippen molar-refractivity contribution < 1.29 is 13.2 Å². The summed E-state index contributed by atoms with van der Waals surface area (Å²) in [5, 5.41) is 3.80. The molecule has 1 aromatic heterocycles. The molecule has 10 heteroatoms. The SMILES string of the molecule is CN(C)S(=O)(=O)c1ccc2c(c1)nc(CCC(=O)N[C@@H]1CCSc3ccc(Cl)cc31)n2C. The molecule has 7 nitrogen and oxygen atoms in total. The van der Waals surface area contributed by atoms with Gasteiger partial charge in [-0.15, -0.1) is 11.8 Å². The van der Waals surface area contributed by atoms with Crippen molar-refractivity contribution in [3.05, 3.63) is 52.8 Å². The first kappa shape index (κ1) is 23.1. The molecule has 1 aliphatic heterocycles. The number of benzene rings is 2. The Morgan fingerprint density at radius 2 is 2.06 bits per heavy atom. The van der Waals surface area contributed by atoms with E-state index in [9.17, 15) is 13.2 Å². The molecular formula is C22H25ClN4O3S2. The molecule has 3 aromatic rings. The Labute approximate surface area is 197 Å². The normalized spacial score (nSPS) is 16.3. The number of halogens is 1. The second-order valence-electron chi connectivity index (χ2n) is 7.96. The van der Waals surface area contributed by atoms with Crippen LogP contribution in [0, 0.1) is 0 Å². The average Bonchev–Trinajstić information content (AvgIpc) is 3.07. The Kier molecular flexibility index (Phi) is 6.53. The number of amides is 1. The van der Waals surface area contributed by atoms with E-state index in [1.165, 1.54) is 18.4 Å². The van der Waals surface area contributed by atoms with Gasteiger partial charge in [-0.3, -0.25) is 4.79 Å².